The normalized spacial score (nSPS) is 10.5. The Morgan fingerprint density at radius 1 is 1.53 bits per heavy atom. The zero-order chi connectivity index (χ0) is 12.6. The fraction of sp³-hybridized carbons (Fsp3) is 0.0909. The minimum atomic E-state index is -1.06. The Labute approximate surface area is 106 Å². The highest BCUT2D eigenvalue weighted by Crippen LogP contribution is 2.31. The van der Waals surface area contributed by atoms with Crippen LogP contribution < -0.4 is 0 Å². The Kier molecular flexibility index (Phi) is 3.13. The first-order chi connectivity index (χ1) is 7.99. The van der Waals surface area contributed by atoms with Gasteiger partial charge >= 0.3 is 5.97 Å². The molecule has 0 spiro atoms. The predicted molar refractivity (Wildman–Crippen MR) is 64.2 cm³/mol. The van der Waals surface area contributed by atoms with Crippen molar-refractivity contribution >= 4 is 28.9 Å². The molecule has 0 aliphatic carbocycles. The molecule has 1 heterocycles. The third-order valence-electron chi connectivity index (χ3n) is 2.15. The average molecular weight is 272 g/mol. The topological polar surface area (TPSA) is 50.2 Å². The molecule has 0 bridgehead atoms. The van der Waals surface area contributed by atoms with Gasteiger partial charge in [0.25, 0.3) is 0 Å². The highest BCUT2D eigenvalue weighted by atomic mass is 35.5. The third kappa shape index (κ3) is 2.30. The van der Waals surface area contributed by atoms with Crippen molar-refractivity contribution in [2.24, 2.45) is 0 Å². The van der Waals surface area contributed by atoms with E-state index < -0.39 is 11.8 Å². The number of benzene rings is 1. The molecule has 0 saturated heterocycles. The molecule has 6 heteroatoms. The number of carboxylic acid groups (broad SMARTS) is 1. The largest absolute Gasteiger partial charge is 0.477 e. The van der Waals surface area contributed by atoms with Crippen molar-refractivity contribution in [3.63, 3.8) is 0 Å². The fourth-order valence-corrected chi connectivity index (χ4v) is 2.47. The molecule has 17 heavy (non-hydrogen) atoms. The molecule has 0 aliphatic rings. The lowest BCUT2D eigenvalue weighted by Crippen LogP contribution is -1.94. The van der Waals surface area contributed by atoms with Gasteiger partial charge in [0, 0.05) is 10.6 Å². The minimum absolute atomic E-state index is 0.111. The van der Waals surface area contributed by atoms with Crippen LogP contribution in [0, 0.1) is 12.7 Å². The molecule has 2 rings (SSSR count). The van der Waals surface area contributed by atoms with Gasteiger partial charge in [-0.15, -0.1) is 11.3 Å². The van der Waals surface area contributed by atoms with Crippen LogP contribution in [-0.4, -0.2) is 16.1 Å². The van der Waals surface area contributed by atoms with Gasteiger partial charge in [-0.25, -0.2) is 14.2 Å². The summed E-state index contributed by atoms with van der Waals surface area (Å²) in [5, 5.41) is 9.60. The van der Waals surface area contributed by atoms with Crippen LogP contribution in [0.25, 0.3) is 10.6 Å². The third-order valence-corrected chi connectivity index (χ3v) is 3.56. The number of carbonyl (C=O) groups is 1. The summed E-state index contributed by atoms with van der Waals surface area (Å²) in [5.74, 6) is -1.53. The molecule has 0 amide bonds. The summed E-state index contributed by atoms with van der Waals surface area (Å²) < 4.78 is 13.6. The number of hydrogen-bond donors (Lipinski definition) is 1. The first kappa shape index (κ1) is 12.0. The van der Waals surface area contributed by atoms with Crippen LogP contribution in [0.2, 0.25) is 5.02 Å². The van der Waals surface area contributed by atoms with Gasteiger partial charge in [-0.1, -0.05) is 11.6 Å². The maximum absolute atomic E-state index is 13.6. The smallest absolute Gasteiger partial charge is 0.347 e. The Morgan fingerprint density at radius 3 is 2.82 bits per heavy atom. The van der Waals surface area contributed by atoms with Gasteiger partial charge in [0.05, 0.1) is 5.69 Å². The van der Waals surface area contributed by atoms with E-state index in [0.29, 0.717) is 15.7 Å². The number of aromatic nitrogens is 1. The van der Waals surface area contributed by atoms with Crippen molar-refractivity contribution in [2.45, 2.75) is 6.92 Å². The summed E-state index contributed by atoms with van der Waals surface area (Å²) in [5.41, 5.74) is 0.593. The first-order valence-corrected chi connectivity index (χ1v) is 5.84. The Bertz CT molecular complexity index is 597. The molecule has 0 radical (unpaired) electrons. The first-order valence-electron chi connectivity index (χ1n) is 4.65. The monoisotopic (exact) mass is 271 g/mol. The number of thiazole rings is 1. The summed E-state index contributed by atoms with van der Waals surface area (Å²) in [6.07, 6.45) is 0. The zero-order valence-corrected chi connectivity index (χ0v) is 10.3. The maximum atomic E-state index is 13.6. The molecular weight excluding hydrogens is 265 g/mol. The summed E-state index contributed by atoms with van der Waals surface area (Å²) in [7, 11) is 0. The fourth-order valence-electron chi connectivity index (χ4n) is 1.37. The lowest BCUT2D eigenvalue weighted by Gasteiger charge is -1.98. The van der Waals surface area contributed by atoms with E-state index in [1.165, 1.54) is 18.2 Å². The molecular formula is C11H7ClFNO2S. The van der Waals surface area contributed by atoms with Gasteiger partial charge < -0.3 is 5.11 Å². The number of carboxylic acids is 1. The van der Waals surface area contributed by atoms with Gasteiger partial charge in [-0.3, -0.25) is 0 Å². The van der Waals surface area contributed by atoms with Crippen molar-refractivity contribution in [1.29, 1.82) is 0 Å². The molecule has 3 nitrogen and oxygen atoms in total. The second-order valence-corrected chi connectivity index (χ2v) is 4.80. The van der Waals surface area contributed by atoms with Crippen molar-refractivity contribution in [1.82, 2.24) is 4.98 Å². The van der Waals surface area contributed by atoms with E-state index in [-0.39, 0.29) is 10.4 Å². The van der Waals surface area contributed by atoms with E-state index in [1.54, 1.807) is 6.92 Å². The lowest BCUT2D eigenvalue weighted by molar-refractivity contribution is 0.0701. The van der Waals surface area contributed by atoms with Crippen LogP contribution in [-0.2, 0) is 0 Å². The summed E-state index contributed by atoms with van der Waals surface area (Å²) in [6.45, 7) is 1.58. The Morgan fingerprint density at radius 2 is 2.24 bits per heavy atom. The van der Waals surface area contributed by atoms with Crippen LogP contribution in [0.4, 0.5) is 4.39 Å². The minimum Gasteiger partial charge on any atom is -0.477 e. The maximum Gasteiger partial charge on any atom is 0.347 e. The highest BCUT2D eigenvalue weighted by Gasteiger charge is 2.17. The molecule has 1 aromatic heterocycles. The van der Waals surface area contributed by atoms with Crippen molar-refractivity contribution in [3.05, 3.63) is 39.6 Å². The molecule has 88 valence electrons. The Balaban J connectivity index is 2.57. The summed E-state index contributed by atoms with van der Waals surface area (Å²) >= 11 is 6.70. The molecule has 0 fully saturated rings. The Hall–Kier alpha value is -1.46. The van der Waals surface area contributed by atoms with Crippen LogP contribution in [0.15, 0.2) is 18.2 Å². The second-order valence-electron chi connectivity index (χ2n) is 3.36. The molecule has 1 N–H and O–H groups in total. The molecule has 1 aromatic carbocycles. The average Bonchev–Trinajstić information content (AvgIpc) is 2.64. The second kappa shape index (κ2) is 4.43. The van der Waals surface area contributed by atoms with Crippen LogP contribution in [0.5, 0.6) is 0 Å². The number of halogens is 2. The molecule has 2 aromatic rings. The van der Waals surface area contributed by atoms with Gasteiger partial charge in [0.15, 0.2) is 0 Å². The molecule has 0 atom stereocenters. The van der Waals surface area contributed by atoms with Crippen molar-refractivity contribution in [3.8, 4) is 10.6 Å². The van der Waals surface area contributed by atoms with Crippen LogP contribution >= 0.6 is 22.9 Å². The molecule has 0 saturated carbocycles. The van der Waals surface area contributed by atoms with E-state index >= 15 is 0 Å². The van der Waals surface area contributed by atoms with Crippen LogP contribution in [0.1, 0.15) is 15.4 Å². The molecule has 0 unspecified atom stereocenters. The SMILES string of the molecule is Cc1nc(-c2cc(Cl)ccc2F)sc1C(=O)O. The molecule has 0 aliphatic heterocycles. The summed E-state index contributed by atoms with van der Waals surface area (Å²) in [4.78, 5) is 15.0. The number of rotatable bonds is 2. The lowest BCUT2D eigenvalue weighted by atomic mass is 10.2. The van der Waals surface area contributed by atoms with E-state index in [9.17, 15) is 9.18 Å². The van der Waals surface area contributed by atoms with E-state index in [4.69, 9.17) is 16.7 Å². The number of hydrogen-bond acceptors (Lipinski definition) is 3. The van der Waals surface area contributed by atoms with Crippen molar-refractivity contribution in [2.75, 3.05) is 0 Å². The van der Waals surface area contributed by atoms with E-state index in [2.05, 4.69) is 4.98 Å². The number of aromatic carboxylic acids is 1. The van der Waals surface area contributed by atoms with Crippen LogP contribution in [0.3, 0.4) is 0 Å². The number of nitrogens with zero attached hydrogens (tertiary/aromatic N) is 1. The number of aryl methyl sites for hydroxylation is 1. The van der Waals surface area contributed by atoms with Gasteiger partial charge in [-0.2, -0.15) is 0 Å². The zero-order valence-electron chi connectivity index (χ0n) is 8.70. The van der Waals surface area contributed by atoms with Gasteiger partial charge in [0.1, 0.15) is 15.7 Å². The van der Waals surface area contributed by atoms with Crippen molar-refractivity contribution < 1.29 is 14.3 Å². The quantitative estimate of drug-likeness (QED) is 0.908. The summed E-state index contributed by atoms with van der Waals surface area (Å²) in [6, 6.07) is 4.09. The van der Waals surface area contributed by atoms with E-state index in [1.807, 2.05) is 0 Å². The van der Waals surface area contributed by atoms with Gasteiger partial charge in [0.2, 0.25) is 0 Å². The predicted octanol–water partition coefficient (Wildman–Crippen LogP) is 3.61. The highest BCUT2D eigenvalue weighted by molar-refractivity contribution is 7.17. The standard InChI is InChI=1S/C11H7ClFNO2S/c1-5-9(11(15)16)17-10(14-5)7-4-6(12)2-3-8(7)13/h2-4H,1H3,(H,15,16). The van der Waals surface area contributed by atoms with E-state index in [0.717, 1.165) is 11.3 Å². The van der Waals surface area contributed by atoms with Gasteiger partial charge in [-0.05, 0) is 25.1 Å².